The van der Waals surface area contributed by atoms with Crippen molar-refractivity contribution in [3.63, 3.8) is 0 Å². The first-order valence-corrected chi connectivity index (χ1v) is 11.4. The number of rotatable bonds is 6. The van der Waals surface area contributed by atoms with E-state index in [1.165, 1.54) is 15.6 Å². The Morgan fingerprint density at radius 3 is 2.54 bits per heavy atom. The number of fused-ring (bicyclic) bond motifs is 2. The van der Waals surface area contributed by atoms with Crippen LogP contribution in [-0.2, 0) is 22.7 Å². The number of aromatic nitrogens is 2. The second kappa shape index (κ2) is 10.1. The second-order valence-electron chi connectivity index (χ2n) is 8.48. The van der Waals surface area contributed by atoms with E-state index in [0.717, 1.165) is 6.42 Å². The minimum Gasteiger partial charge on any atom is -0.480 e. The van der Waals surface area contributed by atoms with Gasteiger partial charge in [-0.25, -0.2) is 9.18 Å². The molecule has 0 spiro atoms. The van der Waals surface area contributed by atoms with Crippen molar-refractivity contribution >= 4 is 40.2 Å². The van der Waals surface area contributed by atoms with Gasteiger partial charge in [0.1, 0.15) is 30.7 Å². The van der Waals surface area contributed by atoms with Crippen LogP contribution < -0.4 is 5.73 Å². The maximum Gasteiger partial charge on any atom is 0.326 e. The lowest BCUT2D eigenvalue weighted by Crippen LogP contribution is -2.44. The van der Waals surface area contributed by atoms with Crippen LogP contribution in [-0.4, -0.2) is 61.2 Å². The summed E-state index contributed by atoms with van der Waals surface area (Å²) in [6.45, 7) is -0.607. The SMILES string of the molecule is NCc1cccc(Cl)c1F.O=C(CO)c1nn(CC(=O)N2[C@@H]3C[C@@H]3C[C@H]2C(=O)O)c2ccccc12. The van der Waals surface area contributed by atoms with Crippen LogP contribution >= 0.6 is 11.6 Å². The summed E-state index contributed by atoms with van der Waals surface area (Å²) in [6, 6.07) is 11.0. The maximum atomic E-state index is 12.8. The lowest BCUT2D eigenvalue weighted by atomic mass is 10.1. The Labute approximate surface area is 204 Å². The van der Waals surface area contributed by atoms with Crippen molar-refractivity contribution in [2.75, 3.05) is 6.61 Å². The van der Waals surface area contributed by atoms with E-state index in [-0.39, 0.29) is 41.7 Å². The number of nitrogens with zero attached hydrogens (tertiary/aromatic N) is 3. The van der Waals surface area contributed by atoms with Gasteiger partial charge in [0.2, 0.25) is 11.7 Å². The molecule has 35 heavy (non-hydrogen) atoms. The fraction of sp³-hybridized carbons (Fsp3) is 0.333. The molecule has 1 aromatic heterocycles. The number of aliphatic carboxylic acids is 1. The summed E-state index contributed by atoms with van der Waals surface area (Å²) >= 11 is 5.46. The summed E-state index contributed by atoms with van der Waals surface area (Å²) in [4.78, 5) is 37.5. The predicted octanol–water partition coefficient (Wildman–Crippen LogP) is 2.22. The fourth-order valence-corrected chi connectivity index (χ4v) is 4.67. The first kappa shape index (κ1) is 24.8. The van der Waals surface area contributed by atoms with E-state index in [9.17, 15) is 23.9 Å². The second-order valence-corrected chi connectivity index (χ2v) is 8.88. The number of carboxylic acid groups (broad SMARTS) is 1. The van der Waals surface area contributed by atoms with Gasteiger partial charge in [0.25, 0.3) is 0 Å². The summed E-state index contributed by atoms with van der Waals surface area (Å²) < 4.78 is 14.2. The third kappa shape index (κ3) is 4.90. The topological polar surface area (TPSA) is 139 Å². The lowest BCUT2D eigenvalue weighted by molar-refractivity contribution is -0.149. The third-order valence-corrected chi connectivity index (χ3v) is 6.57. The standard InChI is InChI=1S/C17H17N3O5.C7H7ClFN/c21-8-14(22)16-10-3-1-2-4-11(10)19(18-16)7-15(23)20-12-5-9(12)6-13(20)17(24)25;8-6-3-1-2-5(4-10)7(6)9/h1-4,9,12-13,21H,5-8H2,(H,24,25);1-3H,4,10H2/t9-,12-,13+;/m1./s1. The molecule has 1 aliphatic heterocycles. The Hall–Kier alpha value is -3.34. The highest BCUT2D eigenvalue weighted by molar-refractivity contribution is 6.30. The molecule has 0 radical (unpaired) electrons. The molecule has 4 N–H and O–H groups in total. The van der Waals surface area contributed by atoms with Crippen molar-refractivity contribution in [1.82, 2.24) is 14.7 Å². The van der Waals surface area contributed by atoms with Crippen molar-refractivity contribution in [3.05, 3.63) is 64.6 Å². The summed E-state index contributed by atoms with van der Waals surface area (Å²) in [5.74, 6) is -1.94. The molecule has 184 valence electrons. The van der Waals surface area contributed by atoms with E-state index in [1.54, 1.807) is 36.4 Å². The number of benzene rings is 2. The van der Waals surface area contributed by atoms with Crippen molar-refractivity contribution in [1.29, 1.82) is 0 Å². The van der Waals surface area contributed by atoms with E-state index in [4.69, 9.17) is 22.4 Å². The van der Waals surface area contributed by atoms with E-state index < -0.39 is 30.2 Å². The summed E-state index contributed by atoms with van der Waals surface area (Å²) in [5.41, 5.74) is 6.39. The van der Waals surface area contributed by atoms with E-state index in [0.29, 0.717) is 22.9 Å². The number of hydrogen-bond acceptors (Lipinski definition) is 6. The molecule has 5 rings (SSSR count). The molecule has 1 saturated carbocycles. The highest BCUT2D eigenvalue weighted by Crippen LogP contribution is 2.48. The number of piperidine rings is 1. The number of aliphatic hydroxyl groups excluding tert-OH is 1. The summed E-state index contributed by atoms with van der Waals surface area (Å²) in [5, 5.41) is 23.3. The zero-order valence-electron chi connectivity index (χ0n) is 18.6. The Balaban J connectivity index is 0.000000243. The molecule has 0 bridgehead atoms. The molecule has 1 saturated heterocycles. The average molecular weight is 503 g/mol. The predicted molar refractivity (Wildman–Crippen MR) is 125 cm³/mol. The quantitative estimate of drug-likeness (QED) is 0.439. The smallest absolute Gasteiger partial charge is 0.326 e. The zero-order chi connectivity index (χ0) is 25.3. The van der Waals surface area contributed by atoms with Gasteiger partial charge in [-0.05, 0) is 30.9 Å². The average Bonchev–Trinajstić information content (AvgIpc) is 3.36. The van der Waals surface area contributed by atoms with Gasteiger partial charge in [-0.3, -0.25) is 14.3 Å². The van der Waals surface area contributed by atoms with Crippen molar-refractivity contribution in [2.45, 2.75) is 38.0 Å². The van der Waals surface area contributed by atoms with Gasteiger partial charge in [0.05, 0.1) is 10.5 Å². The molecule has 2 aliphatic rings. The number of halogens is 2. The van der Waals surface area contributed by atoms with Crippen LogP contribution in [0.3, 0.4) is 0 Å². The molecular formula is C24H24ClFN4O5. The van der Waals surface area contributed by atoms with Gasteiger partial charge in [-0.15, -0.1) is 0 Å². The molecule has 11 heteroatoms. The number of carbonyl (C=O) groups excluding carboxylic acids is 2. The highest BCUT2D eigenvalue weighted by atomic mass is 35.5. The van der Waals surface area contributed by atoms with Crippen LogP contribution in [0, 0.1) is 11.7 Å². The first-order chi connectivity index (χ1) is 16.8. The third-order valence-electron chi connectivity index (χ3n) is 6.28. The molecule has 1 aliphatic carbocycles. The number of hydrogen-bond donors (Lipinski definition) is 3. The number of carbonyl (C=O) groups is 3. The number of Topliss-reactive ketones (excluding diaryl/α,β-unsaturated/α-hetero) is 1. The zero-order valence-corrected chi connectivity index (χ0v) is 19.4. The Morgan fingerprint density at radius 2 is 1.89 bits per heavy atom. The van der Waals surface area contributed by atoms with Crippen LogP contribution in [0.5, 0.6) is 0 Å². The molecule has 2 fully saturated rings. The van der Waals surface area contributed by atoms with Gasteiger partial charge in [-0.1, -0.05) is 41.9 Å². The van der Waals surface area contributed by atoms with E-state index in [2.05, 4.69) is 5.10 Å². The van der Waals surface area contributed by atoms with Gasteiger partial charge in [0, 0.05) is 23.5 Å². The van der Waals surface area contributed by atoms with Crippen LogP contribution in [0.1, 0.15) is 28.9 Å². The van der Waals surface area contributed by atoms with Gasteiger partial charge >= 0.3 is 5.97 Å². The van der Waals surface area contributed by atoms with E-state index >= 15 is 0 Å². The van der Waals surface area contributed by atoms with Crippen molar-refractivity contribution < 1.29 is 29.0 Å². The summed E-state index contributed by atoms with van der Waals surface area (Å²) in [6.07, 6.45) is 1.35. The molecule has 3 aromatic rings. The minimum atomic E-state index is -0.984. The molecule has 9 nitrogen and oxygen atoms in total. The van der Waals surface area contributed by atoms with Crippen molar-refractivity contribution in [3.8, 4) is 0 Å². The van der Waals surface area contributed by atoms with Crippen molar-refractivity contribution in [2.24, 2.45) is 11.7 Å². The number of carboxylic acids is 1. The molecule has 0 unspecified atom stereocenters. The lowest BCUT2D eigenvalue weighted by Gasteiger charge is -2.24. The molecule has 2 heterocycles. The van der Waals surface area contributed by atoms with Gasteiger partial charge in [0.15, 0.2) is 0 Å². The van der Waals surface area contributed by atoms with Gasteiger partial charge < -0.3 is 20.8 Å². The number of nitrogens with two attached hydrogens (primary N) is 1. The first-order valence-electron chi connectivity index (χ1n) is 11.0. The maximum absolute atomic E-state index is 12.8. The Bertz CT molecular complexity index is 1300. The number of likely N-dealkylation sites (tertiary alicyclic amines) is 1. The molecule has 2 aromatic carbocycles. The fourth-order valence-electron chi connectivity index (χ4n) is 4.48. The number of aliphatic hydroxyl groups is 1. The van der Waals surface area contributed by atoms with Crippen LogP contribution in [0.15, 0.2) is 42.5 Å². The molecular weight excluding hydrogens is 479 g/mol. The van der Waals surface area contributed by atoms with Crippen LogP contribution in [0.2, 0.25) is 5.02 Å². The van der Waals surface area contributed by atoms with Crippen LogP contribution in [0.4, 0.5) is 4.39 Å². The van der Waals surface area contributed by atoms with E-state index in [1.807, 2.05) is 0 Å². The van der Waals surface area contributed by atoms with Crippen LogP contribution in [0.25, 0.3) is 10.9 Å². The summed E-state index contributed by atoms with van der Waals surface area (Å²) in [7, 11) is 0. The highest BCUT2D eigenvalue weighted by Gasteiger charge is 2.56. The minimum absolute atomic E-state index is 0.00831. The Morgan fingerprint density at radius 1 is 1.14 bits per heavy atom. The van der Waals surface area contributed by atoms with Gasteiger partial charge in [-0.2, -0.15) is 5.10 Å². The Kier molecular flexibility index (Phi) is 7.15. The normalized spacial score (nSPS) is 20.2. The largest absolute Gasteiger partial charge is 0.480 e. The number of amides is 1. The monoisotopic (exact) mass is 502 g/mol. The number of para-hydroxylation sites is 1. The molecule has 1 amide bonds. The number of ketones is 1. The molecule has 3 atom stereocenters.